The van der Waals surface area contributed by atoms with Gasteiger partial charge in [0.05, 0.1) is 12.5 Å². The van der Waals surface area contributed by atoms with Crippen molar-refractivity contribution in [3.63, 3.8) is 0 Å². The SMILES string of the molecule is CCc1cc2c(=O)n(CCCC(=O)OC)c(-c3ccc(C)cc3)nc2s1. The van der Waals surface area contributed by atoms with Crippen LogP contribution in [-0.2, 0) is 22.5 Å². The Bertz CT molecular complexity index is 987. The summed E-state index contributed by atoms with van der Waals surface area (Å²) in [5, 5.41) is 0.653. The second-order valence-corrected chi connectivity index (χ2v) is 7.34. The van der Waals surface area contributed by atoms with E-state index in [1.807, 2.05) is 37.3 Å². The minimum Gasteiger partial charge on any atom is -0.469 e. The van der Waals surface area contributed by atoms with Crippen LogP contribution in [0.4, 0.5) is 0 Å². The highest BCUT2D eigenvalue weighted by molar-refractivity contribution is 7.18. The summed E-state index contributed by atoms with van der Waals surface area (Å²) in [6, 6.07) is 9.92. The Morgan fingerprint density at radius 2 is 2.00 bits per heavy atom. The number of hydrogen-bond acceptors (Lipinski definition) is 5. The second-order valence-electron chi connectivity index (χ2n) is 6.22. The second kappa shape index (κ2) is 7.83. The van der Waals surface area contributed by atoms with Crippen molar-refractivity contribution in [1.82, 2.24) is 9.55 Å². The van der Waals surface area contributed by atoms with Crippen molar-refractivity contribution < 1.29 is 9.53 Å². The molecule has 0 aliphatic heterocycles. The molecule has 0 spiro atoms. The predicted octanol–water partition coefficient (Wildman–Crippen LogP) is 3.95. The summed E-state index contributed by atoms with van der Waals surface area (Å²) in [5.41, 5.74) is 2.00. The average molecular weight is 370 g/mol. The summed E-state index contributed by atoms with van der Waals surface area (Å²) in [6.07, 6.45) is 1.68. The van der Waals surface area contributed by atoms with Gasteiger partial charge < -0.3 is 4.74 Å². The van der Waals surface area contributed by atoms with E-state index in [2.05, 4.69) is 6.92 Å². The number of carbonyl (C=O) groups is 1. The van der Waals surface area contributed by atoms with E-state index >= 15 is 0 Å². The maximum absolute atomic E-state index is 13.1. The van der Waals surface area contributed by atoms with Gasteiger partial charge in [0.1, 0.15) is 10.7 Å². The molecule has 0 saturated carbocycles. The first-order valence-corrected chi connectivity index (χ1v) is 9.52. The molecular formula is C20H22N2O3S. The van der Waals surface area contributed by atoms with Crippen LogP contribution < -0.4 is 5.56 Å². The topological polar surface area (TPSA) is 61.2 Å². The van der Waals surface area contributed by atoms with Crippen LogP contribution in [0.15, 0.2) is 35.1 Å². The van der Waals surface area contributed by atoms with Gasteiger partial charge in [0.25, 0.3) is 5.56 Å². The summed E-state index contributed by atoms with van der Waals surface area (Å²) in [7, 11) is 1.37. The smallest absolute Gasteiger partial charge is 0.305 e. The van der Waals surface area contributed by atoms with E-state index in [0.29, 0.717) is 24.2 Å². The number of methoxy groups -OCH3 is 1. The fraction of sp³-hybridized carbons (Fsp3) is 0.350. The van der Waals surface area contributed by atoms with Gasteiger partial charge in [-0.1, -0.05) is 36.8 Å². The number of rotatable bonds is 6. The number of aromatic nitrogens is 2. The standard InChI is InChI=1S/C20H22N2O3S/c1-4-15-12-16-19(26-15)21-18(14-9-7-13(2)8-10-14)22(20(16)24)11-5-6-17(23)25-3/h7-10,12H,4-6,11H2,1-3H3. The molecule has 0 bridgehead atoms. The normalized spacial score (nSPS) is 11.0. The van der Waals surface area contributed by atoms with Crippen molar-refractivity contribution in [2.24, 2.45) is 0 Å². The summed E-state index contributed by atoms with van der Waals surface area (Å²) in [5.74, 6) is 0.379. The van der Waals surface area contributed by atoms with Gasteiger partial charge in [-0.2, -0.15) is 0 Å². The van der Waals surface area contributed by atoms with Crippen LogP contribution in [-0.4, -0.2) is 22.6 Å². The largest absolute Gasteiger partial charge is 0.469 e. The molecule has 2 aromatic heterocycles. The lowest BCUT2D eigenvalue weighted by atomic mass is 10.1. The number of benzene rings is 1. The number of carbonyl (C=O) groups excluding carboxylic acids is 1. The first-order valence-electron chi connectivity index (χ1n) is 8.70. The van der Waals surface area contributed by atoms with Crippen molar-refractivity contribution >= 4 is 27.5 Å². The minimum absolute atomic E-state index is 0.0496. The third-order valence-electron chi connectivity index (χ3n) is 4.35. The average Bonchev–Trinajstić information content (AvgIpc) is 3.07. The lowest BCUT2D eigenvalue weighted by molar-refractivity contribution is -0.140. The molecule has 0 aliphatic carbocycles. The molecule has 0 unspecified atom stereocenters. The van der Waals surface area contributed by atoms with Crippen LogP contribution in [0.2, 0.25) is 0 Å². The lowest BCUT2D eigenvalue weighted by Gasteiger charge is -2.12. The van der Waals surface area contributed by atoms with Crippen LogP contribution >= 0.6 is 11.3 Å². The molecule has 0 saturated heterocycles. The van der Waals surface area contributed by atoms with Crippen LogP contribution in [0.1, 0.15) is 30.2 Å². The van der Waals surface area contributed by atoms with Gasteiger partial charge in [0.15, 0.2) is 0 Å². The van der Waals surface area contributed by atoms with E-state index in [1.54, 1.807) is 15.9 Å². The lowest BCUT2D eigenvalue weighted by Crippen LogP contribution is -2.23. The van der Waals surface area contributed by atoms with Gasteiger partial charge in [-0.15, -0.1) is 11.3 Å². The highest BCUT2D eigenvalue weighted by Gasteiger charge is 2.15. The summed E-state index contributed by atoms with van der Waals surface area (Å²) in [6.45, 7) is 4.52. The molecule has 136 valence electrons. The number of aryl methyl sites for hydroxylation is 2. The fourth-order valence-corrected chi connectivity index (χ4v) is 3.81. The highest BCUT2D eigenvalue weighted by atomic mass is 32.1. The van der Waals surface area contributed by atoms with Gasteiger partial charge in [0.2, 0.25) is 0 Å². The molecule has 0 fully saturated rings. The monoisotopic (exact) mass is 370 g/mol. The molecule has 3 aromatic rings. The Balaban J connectivity index is 2.09. The summed E-state index contributed by atoms with van der Waals surface area (Å²) < 4.78 is 6.38. The zero-order chi connectivity index (χ0) is 18.7. The maximum Gasteiger partial charge on any atom is 0.305 e. The van der Waals surface area contributed by atoms with Crippen LogP contribution in [0.5, 0.6) is 0 Å². The summed E-state index contributed by atoms with van der Waals surface area (Å²) >= 11 is 1.57. The number of thiophene rings is 1. The molecule has 0 aliphatic rings. The van der Waals surface area contributed by atoms with E-state index in [-0.39, 0.29) is 17.9 Å². The minimum atomic E-state index is -0.271. The van der Waals surface area contributed by atoms with E-state index < -0.39 is 0 Å². The van der Waals surface area contributed by atoms with Crippen molar-refractivity contribution in [1.29, 1.82) is 0 Å². The number of hydrogen-bond donors (Lipinski definition) is 0. The zero-order valence-electron chi connectivity index (χ0n) is 15.2. The van der Waals surface area contributed by atoms with Crippen molar-refractivity contribution in [2.75, 3.05) is 7.11 Å². The third-order valence-corrected chi connectivity index (χ3v) is 5.52. The number of fused-ring (bicyclic) bond motifs is 1. The van der Waals surface area contributed by atoms with E-state index in [1.165, 1.54) is 7.11 Å². The Morgan fingerprint density at radius 3 is 2.65 bits per heavy atom. The molecule has 3 rings (SSSR count). The maximum atomic E-state index is 13.1. The molecule has 6 heteroatoms. The van der Waals surface area contributed by atoms with Crippen molar-refractivity contribution in [3.05, 3.63) is 51.1 Å². The Hall–Kier alpha value is -2.47. The third kappa shape index (κ3) is 3.70. The number of ether oxygens (including phenoxy) is 1. The predicted molar refractivity (Wildman–Crippen MR) is 105 cm³/mol. The Labute approximate surface area is 156 Å². The zero-order valence-corrected chi connectivity index (χ0v) is 16.1. The quantitative estimate of drug-likeness (QED) is 0.617. The highest BCUT2D eigenvalue weighted by Crippen LogP contribution is 2.26. The molecule has 0 radical (unpaired) electrons. The van der Waals surface area contributed by atoms with E-state index in [0.717, 1.165) is 27.3 Å². The Morgan fingerprint density at radius 1 is 1.27 bits per heavy atom. The molecule has 2 heterocycles. The Kier molecular flexibility index (Phi) is 5.52. The van der Waals surface area contributed by atoms with Crippen molar-refractivity contribution in [2.45, 2.75) is 39.7 Å². The molecule has 5 nitrogen and oxygen atoms in total. The first kappa shape index (κ1) is 18.3. The van der Waals surface area contributed by atoms with Crippen LogP contribution in [0, 0.1) is 6.92 Å². The van der Waals surface area contributed by atoms with Crippen molar-refractivity contribution in [3.8, 4) is 11.4 Å². The molecule has 0 N–H and O–H groups in total. The summed E-state index contributed by atoms with van der Waals surface area (Å²) in [4.78, 5) is 31.2. The fourth-order valence-electron chi connectivity index (χ4n) is 2.85. The molecule has 0 atom stereocenters. The molecule has 26 heavy (non-hydrogen) atoms. The molecule has 1 aromatic carbocycles. The van der Waals surface area contributed by atoms with Gasteiger partial charge in [-0.25, -0.2) is 4.98 Å². The van der Waals surface area contributed by atoms with Crippen LogP contribution in [0.25, 0.3) is 21.6 Å². The van der Waals surface area contributed by atoms with Gasteiger partial charge >= 0.3 is 5.97 Å². The van der Waals surface area contributed by atoms with E-state index in [4.69, 9.17) is 9.72 Å². The molecule has 0 amide bonds. The van der Waals surface area contributed by atoms with Gasteiger partial charge in [0, 0.05) is 23.4 Å². The number of esters is 1. The number of nitrogens with zero attached hydrogens (tertiary/aromatic N) is 2. The first-order chi connectivity index (χ1) is 12.5. The van der Waals surface area contributed by atoms with E-state index in [9.17, 15) is 9.59 Å². The van der Waals surface area contributed by atoms with Crippen LogP contribution in [0.3, 0.4) is 0 Å². The van der Waals surface area contributed by atoms with Gasteiger partial charge in [-0.3, -0.25) is 14.2 Å². The van der Waals surface area contributed by atoms with Gasteiger partial charge in [-0.05, 0) is 25.8 Å². The molecular weight excluding hydrogens is 348 g/mol.